The van der Waals surface area contributed by atoms with Gasteiger partial charge >= 0.3 is 0 Å². The molecule has 2 aliphatic rings. The fraction of sp³-hybridized carbons (Fsp3) is 0.923. The van der Waals surface area contributed by atoms with E-state index < -0.39 is 5.54 Å². The highest BCUT2D eigenvalue weighted by molar-refractivity contribution is 5.85. The molecular weight excluding hydrogens is 214 g/mol. The second-order valence-electron chi connectivity index (χ2n) is 6.01. The molecule has 0 saturated heterocycles. The van der Waals surface area contributed by atoms with Crippen molar-refractivity contribution in [3.63, 3.8) is 0 Å². The number of carbonyl (C=O) groups is 1. The van der Waals surface area contributed by atoms with Gasteiger partial charge in [0.15, 0.2) is 0 Å². The van der Waals surface area contributed by atoms with Crippen LogP contribution in [-0.4, -0.2) is 43.0 Å². The van der Waals surface area contributed by atoms with Gasteiger partial charge in [0.1, 0.15) is 0 Å². The van der Waals surface area contributed by atoms with Gasteiger partial charge < -0.3 is 16.0 Å². The molecule has 2 aliphatic carbocycles. The number of primary amides is 1. The van der Waals surface area contributed by atoms with Crippen LogP contribution in [0.25, 0.3) is 0 Å². The molecule has 0 radical (unpaired) electrons. The van der Waals surface area contributed by atoms with Gasteiger partial charge in [0.2, 0.25) is 5.91 Å². The Hall–Kier alpha value is -0.610. The smallest absolute Gasteiger partial charge is 0.237 e. The van der Waals surface area contributed by atoms with Crippen molar-refractivity contribution in [3.8, 4) is 0 Å². The number of nitrogens with two attached hydrogens (primary N) is 1. The Balaban J connectivity index is 1.89. The van der Waals surface area contributed by atoms with Crippen molar-refractivity contribution in [3.05, 3.63) is 0 Å². The maximum absolute atomic E-state index is 11.6. The van der Waals surface area contributed by atoms with E-state index in [-0.39, 0.29) is 5.91 Å². The summed E-state index contributed by atoms with van der Waals surface area (Å²) in [6.45, 7) is 3.48. The van der Waals surface area contributed by atoms with Crippen molar-refractivity contribution in [2.75, 3.05) is 20.6 Å². The van der Waals surface area contributed by atoms with E-state index in [2.05, 4.69) is 24.2 Å². The Morgan fingerprint density at radius 2 is 2.24 bits per heavy atom. The van der Waals surface area contributed by atoms with Crippen LogP contribution in [0.1, 0.15) is 32.6 Å². The minimum atomic E-state index is -0.464. The average Bonchev–Trinajstić information content (AvgIpc) is 2.84. The van der Waals surface area contributed by atoms with Crippen LogP contribution in [0.2, 0.25) is 0 Å². The van der Waals surface area contributed by atoms with E-state index in [1.54, 1.807) is 0 Å². The standard InChI is InChI=1S/C13H25N3O/c1-9-6-10(9)8-16(3)11-4-5-13(7-11,15-2)12(14)17/h9-11,15H,4-8H2,1-3H3,(H2,14,17). The Kier molecular flexibility index (Phi) is 3.46. The van der Waals surface area contributed by atoms with Crippen molar-refractivity contribution in [2.45, 2.75) is 44.2 Å². The molecule has 98 valence electrons. The van der Waals surface area contributed by atoms with Gasteiger partial charge in [0.25, 0.3) is 0 Å². The van der Waals surface area contributed by atoms with Crippen molar-refractivity contribution in [1.82, 2.24) is 10.2 Å². The van der Waals surface area contributed by atoms with Crippen LogP contribution in [0, 0.1) is 11.8 Å². The zero-order chi connectivity index (χ0) is 12.6. The first-order valence-electron chi connectivity index (χ1n) is 6.67. The second kappa shape index (κ2) is 4.58. The molecule has 2 fully saturated rings. The summed E-state index contributed by atoms with van der Waals surface area (Å²) in [7, 11) is 4.03. The number of hydrogen-bond acceptors (Lipinski definition) is 3. The van der Waals surface area contributed by atoms with Gasteiger partial charge in [-0.3, -0.25) is 4.79 Å². The summed E-state index contributed by atoms with van der Waals surface area (Å²) in [4.78, 5) is 14.0. The SMILES string of the molecule is CNC1(C(N)=O)CCC(N(C)CC2CC2C)C1. The Morgan fingerprint density at radius 3 is 2.65 bits per heavy atom. The predicted molar refractivity (Wildman–Crippen MR) is 68.5 cm³/mol. The molecule has 4 nitrogen and oxygen atoms in total. The van der Waals surface area contributed by atoms with E-state index in [4.69, 9.17) is 5.73 Å². The van der Waals surface area contributed by atoms with Crippen LogP contribution in [0.3, 0.4) is 0 Å². The highest BCUT2D eigenvalue weighted by Gasteiger charge is 2.45. The number of amides is 1. The van der Waals surface area contributed by atoms with E-state index in [1.165, 1.54) is 13.0 Å². The third kappa shape index (κ3) is 2.47. The van der Waals surface area contributed by atoms with Gasteiger partial charge in [-0.25, -0.2) is 0 Å². The Labute approximate surface area is 104 Å². The second-order valence-corrected chi connectivity index (χ2v) is 6.01. The molecule has 0 aromatic carbocycles. The molecule has 2 saturated carbocycles. The van der Waals surface area contributed by atoms with E-state index in [9.17, 15) is 4.79 Å². The topological polar surface area (TPSA) is 58.4 Å². The average molecular weight is 239 g/mol. The molecule has 4 unspecified atom stereocenters. The van der Waals surface area contributed by atoms with E-state index in [1.807, 2.05) is 7.05 Å². The van der Waals surface area contributed by atoms with Gasteiger partial charge in [0.05, 0.1) is 5.54 Å². The summed E-state index contributed by atoms with van der Waals surface area (Å²) < 4.78 is 0. The monoisotopic (exact) mass is 239 g/mol. The number of hydrogen-bond donors (Lipinski definition) is 2. The third-order valence-corrected chi connectivity index (χ3v) is 4.86. The molecule has 0 aliphatic heterocycles. The normalized spacial score (nSPS) is 40.8. The van der Waals surface area contributed by atoms with Gasteiger partial charge in [-0.05, 0) is 51.6 Å². The quantitative estimate of drug-likeness (QED) is 0.737. The molecule has 4 atom stereocenters. The van der Waals surface area contributed by atoms with Gasteiger partial charge in [-0.2, -0.15) is 0 Å². The first kappa shape index (κ1) is 12.8. The van der Waals surface area contributed by atoms with Crippen LogP contribution < -0.4 is 11.1 Å². The summed E-state index contributed by atoms with van der Waals surface area (Å²) in [6.07, 6.45) is 4.16. The number of likely N-dealkylation sites (N-methyl/N-ethyl adjacent to an activating group) is 1. The van der Waals surface area contributed by atoms with E-state index in [0.717, 1.165) is 31.1 Å². The number of carbonyl (C=O) groups excluding carboxylic acids is 1. The third-order valence-electron chi connectivity index (χ3n) is 4.86. The van der Waals surface area contributed by atoms with Crippen molar-refractivity contribution in [2.24, 2.45) is 17.6 Å². The molecule has 2 rings (SSSR count). The first-order valence-corrected chi connectivity index (χ1v) is 6.67. The lowest BCUT2D eigenvalue weighted by atomic mass is 9.96. The largest absolute Gasteiger partial charge is 0.368 e. The lowest BCUT2D eigenvalue weighted by Crippen LogP contribution is -2.53. The molecular formula is C13H25N3O. The van der Waals surface area contributed by atoms with Gasteiger partial charge in [-0.15, -0.1) is 0 Å². The van der Waals surface area contributed by atoms with Gasteiger partial charge in [0, 0.05) is 12.6 Å². The zero-order valence-corrected chi connectivity index (χ0v) is 11.2. The molecule has 0 spiro atoms. The number of nitrogens with zero attached hydrogens (tertiary/aromatic N) is 1. The fourth-order valence-electron chi connectivity index (χ4n) is 3.14. The van der Waals surface area contributed by atoms with E-state index >= 15 is 0 Å². The molecule has 3 N–H and O–H groups in total. The molecule has 4 heteroatoms. The highest BCUT2D eigenvalue weighted by Crippen LogP contribution is 2.40. The minimum absolute atomic E-state index is 0.198. The van der Waals surface area contributed by atoms with Crippen LogP contribution in [-0.2, 0) is 4.79 Å². The Bertz CT molecular complexity index is 307. The van der Waals surface area contributed by atoms with E-state index in [0.29, 0.717) is 6.04 Å². The number of nitrogens with one attached hydrogen (secondary N) is 1. The molecule has 0 heterocycles. The van der Waals surface area contributed by atoms with Crippen LogP contribution >= 0.6 is 0 Å². The van der Waals surface area contributed by atoms with Crippen LogP contribution in [0.15, 0.2) is 0 Å². The summed E-state index contributed by atoms with van der Waals surface area (Å²) in [5.74, 6) is 1.57. The fourth-order valence-corrected chi connectivity index (χ4v) is 3.14. The maximum atomic E-state index is 11.6. The lowest BCUT2D eigenvalue weighted by molar-refractivity contribution is -0.124. The Morgan fingerprint density at radius 1 is 1.59 bits per heavy atom. The van der Waals surface area contributed by atoms with Crippen LogP contribution in [0.4, 0.5) is 0 Å². The van der Waals surface area contributed by atoms with Crippen molar-refractivity contribution >= 4 is 5.91 Å². The zero-order valence-electron chi connectivity index (χ0n) is 11.2. The summed E-state index contributed by atoms with van der Waals surface area (Å²) >= 11 is 0. The molecule has 0 aromatic rings. The minimum Gasteiger partial charge on any atom is -0.368 e. The molecule has 1 amide bonds. The number of rotatable bonds is 5. The molecule has 0 aromatic heterocycles. The summed E-state index contributed by atoms with van der Waals surface area (Å²) in [5.41, 5.74) is 5.06. The predicted octanol–water partition coefficient (Wildman–Crippen LogP) is 0.570. The highest BCUT2D eigenvalue weighted by atomic mass is 16.1. The van der Waals surface area contributed by atoms with Crippen molar-refractivity contribution in [1.29, 1.82) is 0 Å². The van der Waals surface area contributed by atoms with Crippen LogP contribution in [0.5, 0.6) is 0 Å². The summed E-state index contributed by atoms with van der Waals surface area (Å²) in [5, 5.41) is 3.14. The van der Waals surface area contributed by atoms with Crippen molar-refractivity contribution < 1.29 is 4.79 Å². The first-order chi connectivity index (χ1) is 7.98. The molecule has 17 heavy (non-hydrogen) atoms. The maximum Gasteiger partial charge on any atom is 0.237 e. The lowest BCUT2D eigenvalue weighted by Gasteiger charge is -2.28. The molecule has 0 bridgehead atoms. The van der Waals surface area contributed by atoms with Gasteiger partial charge in [-0.1, -0.05) is 6.92 Å². The summed E-state index contributed by atoms with van der Waals surface area (Å²) in [6, 6.07) is 0.503.